The van der Waals surface area contributed by atoms with Gasteiger partial charge in [0.15, 0.2) is 0 Å². The lowest BCUT2D eigenvalue weighted by Gasteiger charge is -2.39. The van der Waals surface area contributed by atoms with Crippen LogP contribution in [0.3, 0.4) is 0 Å². The predicted octanol–water partition coefficient (Wildman–Crippen LogP) is 1.73. The molecule has 0 aromatic rings. The van der Waals surface area contributed by atoms with Crippen LogP contribution in [0.4, 0.5) is 0 Å². The Morgan fingerprint density at radius 2 is 2.04 bits per heavy atom. The van der Waals surface area contributed by atoms with E-state index in [9.17, 15) is 13.5 Å². The molecule has 2 rings (SSSR count). The van der Waals surface area contributed by atoms with Crippen molar-refractivity contribution in [3.63, 3.8) is 0 Å². The minimum atomic E-state index is -3.50. The van der Waals surface area contributed by atoms with Gasteiger partial charge in [-0.15, -0.1) is 0 Å². The maximum atomic E-state index is 11.9. The topological polar surface area (TPSA) is 72.9 Å². The maximum absolute atomic E-state index is 11.9. The Morgan fingerprint density at radius 3 is 2.60 bits per heavy atom. The second-order valence-electron chi connectivity index (χ2n) is 8.41. The van der Waals surface area contributed by atoms with E-state index in [0.717, 1.165) is 23.8 Å². The van der Waals surface area contributed by atoms with Crippen LogP contribution in [0.5, 0.6) is 0 Å². The first-order chi connectivity index (χ1) is 11.5. The minimum Gasteiger partial charge on any atom is -0.390 e. The molecule has 6 nitrogen and oxygen atoms in total. The third kappa shape index (κ3) is 5.26. The lowest BCUT2D eigenvalue weighted by atomic mass is 9.71. The highest BCUT2D eigenvalue weighted by molar-refractivity contribution is 7.87. The van der Waals surface area contributed by atoms with Crippen LogP contribution in [-0.4, -0.2) is 68.6 Å². The van der Waals surface area contributed by atoms with E-state index in [4.69, 9.17) is 0 Å². The average molecular weight is 374 g/mol. The summed E-state index contributed by atoms with van der Waals surface area (Å²) >= 11 is 0. The number of aliphatic hydroxyl groups excluding tert-OH is 1. The molecule has 146 valence electrons. The molecule has 1 fully saturated rings. The van der Waals surface area contributed by atoms with Crippen molar-refractivity contribution < 1.29 is 13.5 Å². The van der Waals surface area contributed by atoms with E-state index in [1.807, 2.05) is 0 Å². The van der Waals surface area contributed by atoms with Crippen molar-refractivity contribution in [1.29, 1.82) is 0 Å². The number of β-amino-alcohol motifs (C(OH)–C–C–N with tert-alkyl or cyclic N) is 1. The summed E-state index contributed by atoms with van der Waals surface area (Å²) in [6.45, 7) is 9.19. The maximum Gasteiger partial charge on any atom is 0.279 e. The number of likely N-dealkylation sites (tertiary alicyclic amines) is 1. The highest BCUT2D eigenvalue weighted by Gasteiger charge is 2.33. The van der Waals surface area contributed by atoms with E-state index in [1.54, 1.807) is 5.57 Å². The lowest BCUT2D eigenvalue weighted by Crippen LogP contribution is -2.55. The van der Waals surface area contributed by atoms with E-state index in [1.165, 1.54) is 38.9 Å². The SMILES string of the molecule is CC1=C(CCN2CC[C@@H](NS(=O)(=O)N(C)C)[C@H](O)C2)C(C)(C)CCC1. The molecule has 0 saturated carbocycles. The number of nitrogens with one attached hydrogen (secondary N) is 1. The van der Waals surface area contributed by atoms with Crippen LogP contribution >= 0.6 is 0 Å². The van der Waals surface area contributed by atoms with E-state index >= 15 is 0 Å². The zero-order valence-electron chi connectivity index (χ0n) is 16.4. The zero-order chi connectivity index (χ0) is 18.8. The molecule has 0 aromatic heterocycles. The van der Waals surface area contributed by atoms with Gasteiger partial charge in [-0.3, -0.25) is 0 Å². The van der Waals surface area contributed by atoms with Crippen molar-refractivity contribution in [2.75, 3.05) is 33.7 Å². The summed E-state index contributed by atoms with van der Waals surface area (Å²) in [6.07, 6.45) is 4.73. The normalized spacial score (nSPS) is 28.6. The first kappa shape index (κ1) is 20.8. The molecule has 1 heterocycles. The standard InChI is InChI=1S/C18H35N3O3S/c1-14-7-6-10-18(2,3)15(14)8-11-21-12-9-16(17(22)13-21)19-25(23,24)20(4)5/h16-17,19,22H,6-13H2,1-5H3/t16-,17-/m1/s1. The van der Waals surface area contributed by atoms with Crippen LogP contribution in [-0.2, 0) is 10.2 Å². The molecule has 1 aliphatic heterocycles. The summed E-state index contributed by atoms with van der Waals surface area (Å²) in [7, 11) is -0.519. The minimum absolute atomic E-state index is 0.278. The van der Waals surface area contributed by atoms with Gasteiger partial charge in [0.2, 0.25) is 0 Å². The molecule has 2 aliphatic rings. The molecule has 0 unspecified atom stereocenters. The quantitative estimate of drug-likeness (QED) is 0.696. The van der Waals surface area contributed by atoms with Gasteiger partial charge in [-0.25, -0.2) is 0 Å². The van der Waals surface area contributed by atoms with Crippen LogP contribution in [0.2, 0.25) is 0 Å². The highest BCUT2D eigenvalue weighted by Crippen LogP contribution is 2.41. The largest absolute Gasteiger partial charge is 0.390 e. The van der Waals surface area contributed by atoms with Gasteiger partial charge < -0.3 is 10.0 Å². The van der Waals surface area contributed by atoms with Crippen molar-refractivity contribution in [1.82, 2.24) is 13.9 Å². The van der Waals surface area contributed by atoms with Gasteiger partial charge in [0, 0.05) is 27.2 Å². The third-order valence-electron chi connectivity index (χ3n) is 5.81. The number of hydrogen-bond donors (Lipinski definition) is 2. The molecule has 0 amide bonds. The van der Waals surface area contributed by atoms with Crippen LogP contribution in [0.1, 0.15) is 52.9 Å². The fourth-order valence-electron chi connectivity index (χ4n) is 4.13. The van der Waals surface area contributed by atoms with Gasteiger partial charge in [0.1, 0.15) is 0 Å². The number of allylic oxidation sites excluding steroid dienone is 1. The zero-order valence-corrected chi connectivity index (χ0v) is 17.2. The van der Waals surface area contributed by atoms with Crippen LogP contribution in [0.25, 0.3) is 0 Å². The predicted molar refractivity (Wildman–Crippen MR) is 102 cm³/mol. The fourth-order valence-corrected chi connectivity index (χ4v) is 5.00. The number of piperidine rings is 1. The highest BCUT2D eigenvalue weighted by atomic mass is 32.2. The number of hydrogen-bond acceptors (Lipinski definition) is 4. The molecule has 1 saturated heterocycles. The second kappa shape index (κ2) is 8.05. The summed E-state index contributed by atoms with van der Waals surface area (Å²) in [5.41, 5.74) is 3.38. The molecule has 0 bridgehead atoms. The Kier molecular flexibility index (Phi) is 6.71. The summed E-state index contributed by atoms with van der Waals surface area (Å²) in [4.78, 5) is 2.26. The third-order valence-corrected chi connectivity index (χ3v) is 7.37. The smallest absolute Gasteiger partial charge is 0.279 e. The first-order valence-electron chi connectivity index (χ1n) is 9.32. The van der Waals surface area contributed by atoms with E-state index in [2.05, 4.69) is 30.4 Å². The van der Waals surface area contributed by atoms with Crippen molar-refractivity contribution in [3.8, 4) is 0 Å². The van der Waals surface area contributed by atoms with Gasteiger partial charge in [-0.05, 0) is 51.0 Å². The van der Waals surface area contributed by atoms with Crippen molar-refractivity contribution >= 4 is 10.2 Å². The Balaban J connectivity index is 1.89. The van der Waals surface area contributed by atoms with Crippen molar-refractivity contribution in [2.24, 2.45) is 5.41 Å². The molecular formula is C18H35N3O3S. The Hall–Kier alpha value is -0.470. The van der Waals surface area contributed by atoms with Crippen LogP contribution < -0.4 is 4.72 Å². The van der Waals surface area contributed by atoms with Gasteiger partial charge in [-0.2, -0.15) is 17.4 Å². The molecule has 0 radical (unpaired) electrons. The molecular weight excluding hydrogens is 338 g/mol. The molecule has 7 heteroatoms. The fraction of sp³-hybridized carbons (Fsp3) is 0.889. The van der Waals surface area contributed by atoms with E-state index in [-0.39, 0.29) is 5.41 Å². The molecule has 2 N–H and O–H groups in total. The Morgan fingerprint density at radius 1 is 1.36 bits per heavy atom. The summed E-state index contributed by atoms with van der Waals surface area (Å²) in [5, 5.41) is 10.4. The average Bonchev–Trinajstić information content (AvgIpc) is 2.48. The molecule has 0 aromatic carbocycles. The summed E-state index contributed by atoms with van der Waals surface area (Å²) in [6, 6.07) is -0.407. The molecule has 25 heavy (non-hydrogen) atoms. The van der Waals surface area contributed by atoms with Crippen molar-refractivity contribution in [3.05, 3.63) is 11.1 Å². The first-order valence-corrected chi connectivity index (χ1v) is 10.8. The monoisotopic (exact) mass is 373 g/mol. The van der Waals surface area contributed by atoms with E-state index in [0.29, 0.717) is 13.0 Å². The molecule has 0 spiro atoms. The number of rotatable bonds is 6. The Labute approximate surface area is 153 Å². The van der Waals surface area contributed by atoms with Crippen LogP contribution in [0, 0.1) is 5.41 Å². The van der Waals surface area contributed by atoms with Crippen LogP contribution in [0.15, 0.2) is 11.1 Å². The Bertz CT molecular complexity index is 599. The van der Waals surface area contributed by atoms with Gasteiger partial charge in [-0.1, -0.05) is 25.0 Å². The number of nitrogens with zero attached hydrogens (tertiary/aromatic N) is 2. The number of aliphatic hydroxyl groups is 1. The second-order valence-corrected chi connectivity index (χ2v) is 10.3. The summed E-state index contributed by atoms with van der Waals surface area (Å²) < 4.78 is 27.6. The summed E-state index contributed by atoms with van der Waals surface area (Å²) in [5.74, 6) is 0. The lowest BCUT2D eigenvalue weighted by molar-refractivity contribution is 0.0476. The van der Waals surface area contributed by atoms with Gasteiger partial charge in [0.25, 0.3) is 10.2 Å². The van der Waals surface area contributed by atoms with Gasteiger partial charge >= 0.3 is 0 Å². The van der Waals surface area contributed by atoms with Crippen molar-refractivity contribution in [2.45, 2.75) is 65.0 Å². The van der Waals surface area contributed by atoms with Gasteiger partial charge in [0.05, 0.1) is 12.1 Å². The van der Waals surface area contributed by atoms with E-state index < -0.39 is 22.4 Å². The molecule has 2 atom stereocenters. The molecule has 1 aliphatic carbocycles.